The lowest BCUT2D eigenvalue weighted by atomic mass is 10.2. The van der Waals surface area contributed by atoms with E-state index in [1.165, 1.54) is 12.4 Å². The molecule has 0 saturated heterocycles. The lowest BCUT2D eigenvalue weighted by molar-refractivity contribution is 0.102. The molecule has 0 aliphatic heterocycles. The molecule has 0 radical (unpaired) electrons. The zero-order chi connectivity index (χ0) is 19.2. The maximum absolute atomic E-state index is 12.5. The molecule has 0 aliphatic rings. The maximum Gasteiger partial charge on any atom is 0.258 e. The number of aromatic nitrogens is 2. The second-order valence-electron chi connectivity index (χ2n) is 6.27. The number of hydrogen-bond donors (Lipinski definition) is 1. The van der Waals surface area contributed by atoms with Gasteiger partial charge in [-0.1, -0.05) is 36.4 Å². The van der Waals surface area contributed by atoms with Crippen LogP contribution in [0.3, 0.4) is 0 Å². The molecule has 0 saturated carbocycles. The van der Waals surface area contributed by atoms with Gasteiger partial charge < -0.3 is 15.0 Å². The highest BCUT2D eigenvalue weighted by Crippen LogP contribution is 2.25. The molecule has 0 bridgehead atoms. The monoisotopic (exact) mass is 362 g/mol. The molecule has 3 rings (SSSR count). The van der Waals surface area contributed by atoms with Crippen LogP contribution in [0.15, 0.2) is 60.9 Å². The van der Waals surface area contributed by atoms with E-state index in [0.29, 0.717) is 29.5 Å². The number of benzene rings is 2. The fraction of sp³-hybridized carbons (Fsp3) is 0.190. The normalized spacial score (nSPS) is 10.3. The predicted octanol–water partition coefficient (Wildman–Crippen LogP) is 3.68. The van der Waals surface area contributed by atoms with Crippen molar-refractivity contribution in [3.05, 3.63) is 77.6 Å². The number of carbonyl (C=O) groups excluding carboxylic acids is 1. The van der Waals surface area contributed by atoms with Crippen molar-refractivity contribution < 1.29 is 9.53 Å². The number of anilines is 2. The smallest absolute Gasteiger partial charge is 0.258 e. The number of ether oxygens (including phenoxy) is 1. The summed E-state index contributed by atoms with van der Waals surface area (Å²) >= 11 is 0. The first-order chi connectivity index (χ1) is 13.1. The van der Waals surface area contributed by atoms with E-state index in [0.717, 1.165) is 11.1 Å². The van der Waals surface area contributed by atoms with E-state index in [2.05, 4.69) is 15.3 Å². The molecule has 0 fully saturated rings. The number of carbonyl (C=O) groups is 1. The number of methoxy groups -OCH3 is 1. The van der Waals surface area contributed by atoms with Crippen LogP contribution in [0.25, 0.3) is 0 Å². The fourth-order valence-electron chi connectivity index (χ4n) is 2.68. The van der Waals surface area contributed by atoms with Gasteiger partial charge in [-0.05, 0) is 30.2 Å². The molecule has 0 aliphatic carbocycles. The summed E-state index contributed by atoms with van der Waals surface area (Å²) in [6.07, 6.45) is 3.06. The number of amides is 1. The first-order valence-corrected chi connectivity index (χ1v) is 8.60. The molecule has 3 aromatic rings. The van der Waals surface area contributed by atoms with E-state index in [4.69, 9.17) is 4.74 Å². The van der Waals surface area contributed by atoms with E-state index in [1.54, 1.807) is 7.11 Å². The Morgan fingerprint density at radius 1 is 1.11 bits per heavy atom. The van der Waals surface area contributed by atoms with E-state index >= 15 is 0 Å². The standard InChI is InChI=1S/C21H22N4O2/c1-15-9-10-19(27-3)18(11-15)24-20(26)17-12-22-21(23-13-17)25(2)14-16-7-5-4-6-8-16/h4-13H,14H2,1-3H3,(H,24,26). The molecule has 6 nitrogen and oxygen atoms in total. The Morgan fingerprint density at radius 3 is 2.48 bits per heavy atom. The molecular weight excluding hydrogens is 340 g/mol. The number of aryl methyl sites for hydroxylation is 1. The number of nitrogens with one attached hydrogen (secondary N) is 1. The minimum atomic E-state index is -0.281. The van der Waals surface area contributed by atoms with Gasteiger partial charge in [0, 0.05) is 26.0 Å². The lowest BCUT2D eigenvalue weighted by Crippen LogP contribution is -2.20. The first kappa shape index (κ1) is 18.4. The van der Waals surface area contributed by atoms with E-state index in [1.807, 2.05) is 67.4 Å². The van der Waals surface area contributed by atoms with Gasteiger partial charge >= 0.3 is 0 Å². The second kappa shape index (κ2) is 8.31. The molecule has 1 N–H and O–H groups in total. The van der Waals surface area contributed by atoms with Crippen LogP contribution in [-0.4, -0.2) is 30.0 Å². The summed E-state index contributed by atoms with van der Waals surface area (Å²) in [5.74, 6) is 0.883. The van der Waals surface area contributed by atoms with Crippen LogP contribution in [0.2, 0.25) is 0 Å². The maximum atomic E-state index is 12.5. The summed E-state index contributed by atoms with van der Waals surface area (Å²) in [5.41, 5.74) is 3.19. The molecule has 138 valence electrons. The third-order valence-corrected chi connectivity index (χ3v) is 4.11. The Hall–Kier alpha value is -3.41. The molecule has 1 amide bonds. The van der Waals surface area contributed by atoms with Crippen LogP contribution in [0.5, 0.6) is 5.75 Å². The quantitative estimate of drug-likeness (QED) is 0.724. The summed E-state index contributed by atoms with van der Waals surface area (Å²) in [5, 5.41) is 2.85. The highest BCUT2D eigenvalue weighted by molar-refractivity contribution is 6.04. The molecule has 0 atom stereocenters. The van der Waals surface area contributed by atoms with Crippen molar-refractivity contribution in [2.24, 2.45) is 0 Å². The zero-order valence-electron chi connectivity index (χ0n) is 15.6. The average molecular weight is 362 g/mol. The Morgan fingerprint density at radius 2 is 1.81 bits per heavy atom. The minimum Gasteiger partial charge on any atom is -0.495 e. The third kappa shape index (κ3) is 4.61. The Kier molecular flexibility index (Phi) is 5.66. The van der Waals surface area contributed by atoms with Crippen molar-refractivity contribution in [3.63, 3.8) is 0 Å². The largest absolute Gasteiger partial charge is 0.495 e. The van der Waals surface area contributed by atoms with Crippen LogP contribution in [0, 0.1) is 6.92 Å². The van der Waals surface area contributed by atoms with Crippen LogP contribution >= 0.6 is 0 Å². The van der Waals surface area contributed by atoms with E-state index in [-0.39, 0.29) is 5.91 Å². The van der Waals surface area contributed by atoms with Gasteiger partial charge in [-0.25, -0.2) is 9.97 Å². The Balaban J connectivity index is 1.69. The van der Waals surface area contributed by atoms with Gasteiger partial charge in [0.2, 0.25) is 5.95 Å². The molecule has 1 aromatic heterocycles. The molecule has 6 heteroatoms. The molecular formula is C21H22N4O2. The van der Waals surface area contributed by atoms with Crippen LogP contribution in [0.4, 0.5) is 11.6 Å². The van der Waals surface area contributed by atoms with Crippen molar-refractivity contribution in [3.8, 4) is 5.75 Å². The highest BCUT2D eigenvalue weighted by atomic mass is 16.5. The van der Waals surface area contributed by atoms with E-state index < -0.39 is 0 Å². The predicted molar refractivity (Wildman–Crippen MR) is 106 cm³/mol. The molecule has 0 unspecified atom stereocenters. The molecule has 0 spiro atoms. The number of hydrogen-bond acceptors (Lipinski definition) is 5. The third-order valence-electron chi connectivity index (χ3n) is 4.11. The second-order valence-corrected chi connectivity index (χ2v) is 6.27. The van der Waals surface area contributed by atoms with Crippen molar-refractivity contribution in [2.75, 3.05) is 24.4 Å². The van der Waals surface area contributed by atoms with Crippen molar-refractivity contribution >= 4 is 17.5 Å². The van der Waals surface area contributed by atoms with Gasteiger partial charge in [0.25, 0.3) is 5.91 Å². The minimum absolute atomic E-state index is 0.281. The summed E-state index contributed by atoms with van der Waals surface area (Å²) in [7, 11) is 3.49. The summed E-state index contributed by atoms with van der Waals surface area (Å²) in [4.78, 5) is 23.1. The number of rotatable bonds is 6. The SMILES string of the molecule is COc1ccc(C)cc1NC(=O)c1cnc(N(C)Cc2ccccc2)nc1. The summed E-state index contributed by atoms with van der Waals surface area (Å²) in [6, 6.07) is 15.7. The molecule has 2 aromatic carbocycles. The van der Waals surface area contributed by atoms with Crippen molar-refractivity contribution in [2.45, 2.75) is 13.5 Å². The zero-order valence-corrected chi connectivity index (χ0v) is 15.6. The van der Waals surface area contributed by atoms with Gasteiger partial charge in [-0.15, -0.1) is 0 Å². The van der Waals surface area contributed by atoms with Crippen molar-refractivity contribution in [1.82, 2.24) is 9.97 Å². The number of nitrogens with zero attached hydrogens (tertiary/aromatic N) is 3. The van der Waals surface area contributed by atoms with Gasteiger partial charge in [-0.2, -0.15) is 0 Å². The van der Waals surface area contributed by atoms with E-state index in [9.17, 15) is 4.79 Å². The van der Waals surface area contributed by atoms with Gasteiger partial charge in [-0.3, -0.25) is 4.79 Å². The van der Waals surface area contributed by atoms with Crippen LogP contribution in [0.1, 0.15) is 21.5 Å². The van der Waals surface area contributed by atoms with Crippen LogP contribution in [-0.2, 0) is 6.54 Å². The Bertz CT molecular complexity index is 911. The fourth-order valence-corrected chi connectivity index (χ4v) is 2.68. The van der Waals surface area contributed by atoms with Crippen LogP contribution < -0.4 is 15.0 Å². The summed E-state index contributed by atoms with van der Waals surface area (Å²) in [6.45, 7) is 2.64. The topological polar surface area (TPSA) is 67.3 Å². The Labute approximate surface area is 158 Å². The molecule has 1 heterocycles. The highest BCUT2D eigenvalue weighted by Gasteiger charge is 2.12. The first-order valence-electron chi connectivity index (χ1n) is 8.60. The molecule has 27 heavy (non-hydrogen) atoms. The van der Waals surface area contributed by atoms with Gasteiger partial charge in [0.15, 0.2) is 0 Å². The van der Waals surface area contributed by atoms with Crippen molar-refractivity contribution in [1.29, 1.82) is 0 Å². The van der Waals surface area contributed by atoms with Gasteiger partial charge in [0.05, 0.1) is 18.4 Å². The summed E-state index contributed by atoms with van der Waals surface area (Å²) < 4.78 is 5.29. The average Bonchev–Trinajstić information content (AvgIpc) is 2.69. The van der Waals surface area contributed by atoms with Gasteiger partial charge in [0.1, 0.15) is 5.75 Å². The lowest BCUT2D eigenvalue weighted by Gasteiger charge is -2.17.